The van der Waals surface area contributed by atoms with Crippen molar-refractivity contribution in [1.82, 2.24) is 20.1 Å². The number of carbonyl (C=O) groups excluding carboxylic acids is 1. The first-order chi connectivity index (χ1) is 9.19. The molecule has 1 amide bonds. The predicted octanol–water partition coefficient (Wildman–Crippen LogP) is 2.31. The summed E-state index contributed by atoms with van der Waals surface area (Å²) in [4.78, 5) is 16.2. The van der Waals surface area contributed by atoms with Crippen LogP contribution in [0.5, 0.6) is 0 Å². The maximum atomic E-state index is 11.9. The third kappa shape index (κ3) is 3.89. The molecule has 2 rings (SSSR count). The summed E-state index contributed by atoms with van der Waals surface area (Å²) in [6, 6.07) is 0.0202. The van der Waals surface area contributed by atoms with Crippen molar-refractivity contribution < 1.29 is 4.79 Å². The fourth-order valence-corrected chi connectivity index (χ4v) is 2.59. The van der Waals surface area contributed by atoms with Gasteiger partial charge in [-0.1, -0.05) is 6.92 Å². The second-order valence-corrected chi connectivity index (χ2v) is 5.36. The van der Waals surface area contributed by atoms with Gasteiger partial charge in [-0.25, -0.2) is 4.98 Å². The summed E-state index contributed by atoms with van der Waals surface area (Å²) >= 11 is 1.57. The summed E-state index contributed by atoms with van der Waals surface area (Å²) in [6.45, 7) is 4.64. The van der Waals surface area contributed by atoms with E-state index in [1.165, 1.54) is 0 Å². The van der Waals surface area contributed by atoms with Crippen LogP contribution in [0.15, 0.2) is 24.0 Å². The van der Waals surface area contributed by atoms with Crippen LogP contribution in [0.1, 0.15) is 36.4 Å². The molecule has 2 aromatic rings. The lowest BCUT2D eigenvalue weighted by Crippen LogP contribution is -2.28. The molecule has 1 N–H and O–H groups in total. The molecule has 0 aliphatic heterocycles. The minimum atomic E-state index is 0.0202. The number of nitrogens with zero attached hydrogens (tertiary/aromatic N) is 3. The quantitative estimate of drug-likeness (QED) is 0.882. The Morgan fingerprint density at radius 1 is 1.58 bits per heavy atom. The largest absolute Gasteiger partial charge is 0.347 e. The van der Waals surface area contributed by atoms with E-state index < -0.39 is 0 Å². The first-order valence-corrected chi connectivity index (χ1v) is 7.24. The summed E-state index contributed by atoms with van der Waals surface area (Å²) in [5.74, 6) is 0.0372. The lowest BCUT2D eigenvalue weighted by molar-refractivity contribution is -0.122. The Labute approximate surface area is 116 Å². The van der Waals surface area contributed by atoms with Crippen LogP contribution in [0.3, 0.4) is 0 Å². The van der Waals surface area contributed by atoms with Crippen molar-refractivity contribution in [3.05, 3.63) is 34.5 Å². The lowest BCUT2D eigenvalue weighted by atomic mass is 10.2. The maximum absolute atomic E-state index is 11.9. The smallest absolute Gasteiger partial charge is 0.222 e. The lowest BCUT2D eigenvalue weighted by Gasteiger charge is -2.14. The monoisotopic (exact) mass is 278 g/mol. The van der Waals surface area contributed by atoms with Crippen LogP contribution in [-0.2, 0) is 11.3 Å². The molecule has 5 nitrogen and oxygen atoms in total. The van der Waals surface area contributed by atoms with E-state index in [1.54, 1.807) is 28.4 Å². The predicted molar refractivity (Wildman–Crippen MR) is 74.9 cm³/mol. The van der Waals surface area contributed by atoms with Gasteiger partial charge in [-0.05, 0) is 18.9 Å². The SMILES string of the molecule is CC[C@@H](NC(=O)CCn1cc(C)cn1)c1nccs1. The van der Waals surface area contributed by atoms with Gasteiger partial charge in [-0.15, -0.1) is 11.3 Å². The summed E-state index contributed by atoms with van der Waals surface area (Å²) in [7, 11) is 0. The van der Waals surface area contributed by atoms with Gasteiger partial charge >= 0.3 is 0 Å². The van der Waals surface area contributed by atoms with Crippen molar-refractivity contribution in [3.63, 3.8) is 0 Å². The average Bonchev–Trinajstić information content (AvgIpc) is 3.05. The second kappa shape index (κ2) is 6.47. The van der Waals surface area contributed by atoms with Gasteiger partial charge in [-0.2, -0.15) is 5.10 Å². The number of carbonyl (C=O) groups is 1. The number of amides is 1. The second-order valence-electron chi connectivity index (χ2n) is 4.43. The molecule has 0 aliphatic carbocycles. The van der Waals surface area contributed by atoms with Crippen LogP contribution in [0, 0.1) is 6.92 Å². The van der Waals surface area contributed by atoms with Crippen molar-refractivity contribution in [3.8, 4) is 0 Å². The normalized spacial score (nSPS) is 12.3. The Morgan fingerprint density at radius 2 is 2.42 bits per heavy atom. The van der Waals surface area contributed by atoms with Gasteiger partial charge in [0.05, 0.1) is 12.2 Å². The molecule has 0 unspecified atom stereocenters. The van der Waals surface area contributed by atoms with E-state index in [0.717, 1.165) is 17.0 Å². The maximum Gasteiger partial charge on any atom is 0.222 e. The third-order valence-corrected chi connectivity index (χ3v) is 3.71. The number of aromatic nitrogens is 3. The van der Waals surface area contributed by atoms with Crippen LogP contribution < -0.4 is 5.32 Å². The van der Waals surface area contributed by atoms with Crippen LogP contribution >= 0.6 is 11.3 Å². The Kier molecular flexibility index (Phi) is 4.68. The van der Waals surface area contributed by atoms with Gasteiger partial charge in [0.25, 0.3) is 0 Å². The molecule has 1 atom stereocenters. The summed E-state index contributed by atoms with van der Waals surface area (Å²) in [6.07, 6.45) is 6.78. The van der Waals surface area contributed by atoms with E-state index in [1.807, 2.05) is 25.4 Å². The fourth-order valence-electron chi connectivity index (χ4n) is 1.82. The number of hydrogen-bond acceptors (Lipinski definition) is 4. The van der Waals surface area contributed by atoms with E-state index in [4.69, 9.17) is 0 Å². The van der Waals surface area contributed by atoms with Crippen molar-refractivity contribution in [2.45, 2.75) is 39.3 Å². The van der Waals surface area contributed by atoms with E-state index in [0.29, 0.717) is 13.0 Å². The van der Waals surface area contributed by atoms with E-state index in [9.17, 15) is 4.79 Å². The Balaban J connectivity index is 1.83. The van der Waals surface area contributed by atoms with Gasteiger partial charge in [0.2, 0.25) is 5.91 Å². The van der Waals surface area contributed by atoms with Crippen LogP contribution in [0.25, 0.3) is 0 Å². The van der Waals surface area contributed by atoms with Crippen molar-refractivity contribution in [2.24, 2.45) is 0 Å². The number of aryl methyl sites for hydroxylation is 2. The minimum absolute atomic E-state index is 0.0202. The zero-order valence-electron chi connectivity index (χ0n) is 11.2. The summed E-state index contributed by atoms with van der Waals surface area (Å²) < 4.78 is 1.79. The highest BCUT2D eigenvalue weighted by atomic mass is 32.1. The summed E-state index contributed by atoms with van der Waals surface area (Å²) in [5, 5.41) is 10.1. The Hall–Kier alpha value is -1.69. The molecule has 102 valence electrons. The zero-order valence-corrected chi connectivity index (χ0v) is 12.0. The van der Waals surface area contributed by atoms with Gasteiger partial charge in [0, 0.05) is 30.7 Å². The number of nitrogens with one attached hydrogen (secondary N) is 1. The summed E-state index contributed by atoms with van der Waals surface area (Å²) in [5.41, 5.74) is 1.11. The van der Waals surface area contributed by atoms with Crippen LogP contribution in [0.2, 0.25) is 0 Å². The van der Waals surface area contributed by atoms with Gasteiger partial charge in [-0.3, -0.25) is 9.48 Å². The molecule has 0 spiro atoms. The standard InChI is InChI=1S/C13H18N4OS/c1-3-11(13-14-5-7-19-13)16-12(18)4-6-17-9-10(2)8-15-17/h5,7-9,11H,3-4,6H2,1-2H3,(H,16,18)/t11-/m1/s1. The van der Waals surface area contributed by atoms with E-state index >= 15 is 0 Å². The van der Waals surface area contributed by atoms with Crippen LogP contribution in [-0.4, -0.2) is 20.7 Å². The highest BCUT2D eigenvalue weighted by Gasteiger charge is 2.14. The number of thiazole rings is 1. The highest BCUT2D eigenvalue weighted by molar-refractivity contribution is 7.09. The number of rotatable bonds is 6. The molecule has 19 heavy (non-hydrogen) atoms. The molecule has 0 saturated heterocycles. The van der Waals surface area contributed by atoms with Gasteiger partial charge in [0.15, 0.2) is 0 Å². The highest BCUT2D eigenvalue weighted by Crippen LogP contribution is 2.18. The molecule has 0 aromatic carbocycles. The zero-order chi connectivity index (χ0) is 13.7. The van der Waals surface area contributed by atoms with Crippen LogP contribution in [0.4, 0.5) is 0 Å². The molecule has 6 heteroatoms. The number of hydrogen-bond donors (Lipinski definition) is 1. The van der Waals surface area contributed by atoms with E-state index in [-0.39, 0.29) is 11.9 Å². The molecule has 2 aromatic heterocycles. The average molecular weight is 278 g/mol. The van der Waals surface area contributed by atoms with Gasteiger partial charge < -0.3 is 5.32 Å². The first-order valence-electron chi connectivity index (χ1n) is 6.37. The molecular weight excluding hydrogens is 260 g/mol. The first kappa shape index (κ1) is 13.7. The molecule has 0 bridgehead atoms. The molecule has 0 fully saturated rings. The molecule has 0 saturated carbocycles. The van der Waals surface area contributed by atoms with Gasteiger partial charge in [0.1, 0.15) is 5.01 Å². The fraction of sp³-hybridized carbons (Fsp3) is 0.462. The molecule has 0 aliphatic rings. The molecule has 2 heterocycles. The van der Waals surface area contributed by atoms with Crippen molar-refractivity contribution >= 4 is 17.2 Å². The van der Waals surface area contributed by atoms with E-state index in [2.05, 4.69) is 15.4 Å². The Bertz CT molecular complexity index is 520. The Morgan fingerprint density at radius 3 is 3.00 bits per heavy atom. The van der Waals surface area contributed by atoms with Crippen molar-refractivity contribution in [1.29, 1.82) is 0 Å². The van der Waals surface area contributed by atoms with Crippen molar-refractivity contribution in [2.75, 3.05) is 0 Å². The minimum Gasteiger partial charge on any atom is -0.347 e. The molecule has 0 radical (unpaired) electrons. The topological polar surface area (TPSA) is 59.8 Å². The third-order valence-electron chi connectivity index (χ3n) is 2.82. The molecular formula is C13H18N4OS.